The summed E-state index contributed by atoms with van der Waals surface area (Å²) in [5, 5.41) is 10.4. The predicted octanol–water partition coefficient (Wildman–Crippen LogP) is 4.91. The highest BCUT2D eigenvalue weighted by molar-refractivity contribution is 9.13. The van der Waals surface area contributed by atoms with Crippen molar-refractivity contribution < 1.29 is 5.11 Å². The van der Waals surface area contributed by atoms with Crippen LogP contribution in [0.2, 0.25) is 0 Å². The highest BCUT2D eigenvalue weighted by Gasteiger charge is 2.12. The van der Waals surface area contributed by atoms with E-state index in [0.717, 1.165) is 20.1 Å². The molecular weight excluding hydrogens is 356 g/mol. The van der Waals surface area contributed by atoms with Crippen molar-refractivity contribution in [1.82, 2.24) is 0 Å². The lowest BCUT2D eigenvalue weighted by molar-refractivity contribution is 0.220. The molecule has 0 radical (unpaired) electrons. The largest absolute Gasteiger partial charge is 0.384 e. The number of benzene rings is 2. The number of hydrogen-bond donors (Lipinski definition) is 1. The van der Waals surface area contributed by atoms with Crippen molar-refractivity contribution in [3.05, 3.63) is 67.6 Å². The smallest absolute Gasteiger partial charge is 0.104 e. The molecule has 0 aromatic heterocycles. The molecule has 0 saturated heterocycles. The Hall–Kier alpha value is -0.640. The number of rotatable bonds is 2. The minimum Gasteiger partial charge on any atom is -0.384 e. The van der Waals surface area contributed by atoms with Gasteiger partial charge in [-0.2, -0.15) is 0 Å². The summed E-state index contributed by atoms with van der Waals surface area (Å²) in [5.41, 5.74) is 4.15. The minimum absolute atomic E-state index is 0.590. The number of hydrogen-bond acceptors (Lipinski definition) is 1. The molecule has 0 aliphatic heterocycles. The monoisotopic (exact) mass is 368 g/mol. The quantitative estimate of drug-likeness (QED) is 0.797. The van der Waals surface area contributed by atoms with Crippen molar-refractivity contribution in [1.29, 1.82) is 0 Å². The highest BCUT2D eigenvalue weighted by Crippen LogP contribution is 2.30. The van der Waals surface area contributed by atoms with E-state index in [1.807, 2.05) is 44.2 Å². The molecule has 0 heterocycles. The van der Waals surface area contributed by atoms with Gasteiger partial charge in [0.15, 0.2) is 0 Å². The van der Waals surface area contributed by atoms with Crippen LogP contribution in [0.15, 0.2) is 45.3 Å². The van der Waals surface area contributed by atoms with Crippen LogP contribution in [0.5, 0.6) is 0 Å². The van der Waals surface area contributed by atoms with Crippen LogP contribution in [0, 0.1) is 13.8 Å². The Morgan fingerprint density at radius 1 is 0.833 bits per heavy atom. The molecule has 0 saturated carbocycles. The van der Waals surface area contributed by atoms with Crippen molar-refractivity contribution in [3.8, 4) is 0 Å². The maximum atomic E-state index is 10.4. The predicted molar refractivity (Wildman–Crippen MR) is 81.8 cm³/mol. The zero-order valence-electron chi connectivity index (χ0n) is 10.2. The highest BCUT2D eigenvalue weighted by atomic mass is 79.9. The lowest BCUT2D eigenvalue weighted by Gasteiger charge is -2.14. The summed E-state index contributed by atoms with van der Waals surface area (Å²) in [4.78, 5) is 0. The third-order valence-corrected chi connectivity index (χ3v) is 4.70. The van der Waals surface area contributed by atoms with Crippen molar-refractivity contribution in [2.24, 2.45) is 0 Å². The van der Waals surface area contributed by atoms with Crippen LogP contribution in [0.3, 0.4) is 0 Å². The van der Waals surface area contributed by atoms with Crippen molar-refractivity contribution in [2.75, 3.05) is 0 Å². The van der Waals surface area contributed by atoms with Gasteiger partial charge < -0.3 is 5.11 Å². The summed E-state index contributed by atoms with van der Waals surface area (Å²) in [6, 6.07) is 11.9. The fourth-order valence-corrected chi connectivity index (χ4v) is 2.69. The Bertz CT molecular complexity index is 558. The van der Waals surface area contributed by atoms with E-state index in [9.17, 15) is 5.11 Å². The number of aryl methyl sites for hydroxylation is 2. The first-order chi connectivity index (χ1) is 8.47. The first kappa shape index (κ1) is 13.8. The summed E-state index contributed by atoms with van der Waals surface area (Å²) < 4.78 is 1.93. The fraction of sp³-hybridized carbons (Fsp3) is 0.200. The van der Waals surface area contributed by atoms with Gasteiger partial charge in [0.05, 0.1) is 0 Å². The number of aliphatic hydroxyl groups excluding tert-OH is 1. The summed E-state index contributed by atoms with van der Waals surface area (Å²) in [5.74, 6) is 0. The third-order valence-electron chi connectivity index (χ3n) is 2.82. The molecule has 2 rings (SSSR count). The van der Waals surface area contributed by atoms with Crippen LogP contribution in [0.25, 0.3) is 0 Å². The van der Waals surface area contributed by atoms with Gasteiger partial charge in [0.25, 0.3) is 0 Å². The standard InChI is InChI=1S/C15H14Br2O/c1-9-5-10(2)7-12(6-9)15(18)11-3-4-13(16)14(17)8-11/h3-8,15,18H,1-2H3. The van der Waals surface area contributed by atoms with E-state index in [0.29, 0.717) is 0 Å². The summed E-state index contributed by atoms with van der Waals surface area (Å²) in [6.45, 7) is 4.08. The van der Waals surface area contributed by atoms with Gasteiger partial charge in [-0.15, -0.1) is 0 Å². The molecule has 94 valence electrons. The zero-order valence-corrected chi connectivity index (χ0v) is 13.4. The third kappa shape index (κ3) is 3.02. The zero-order chi connectivity index (χ0) is 13.3. The molecule has 1 atom stereocenters. The lowest BCUT2D eigenvalue weighted by atomic mass is 9.98. The van der Waals surface area contributed by atoms with Crippen LogP contribution in [-0.2, 0) is 0 Å². The number of halogens is 2. The van der Waals surface area contributed by atoms with Crippen LogP contribution < -0.4 is 0 Å². The Balaban J connectivity index is 2.40. The first-order valence-electron chi connectivity index (χ1n) is 5.68. The topological polar surface area (TPSA) is 20.2 Å². The molecule has 0 fully saturated rings. The minimum atomic E-state index is -0.590. The Morgan fingerprint density at radius 2 is 1.44 bits per heavy atom. The van der Waals surface area contributed by atoms with Crippen molar-refractivity contribution in [3.63, 3.8) is 0 Å². The molecular formula is C15H14Br2O. The number of aliphatic hydroxyl groups is 1. The molecule has 2 aromatic carbocycles. The van der Waals surface area contributed by atoms with Crippen LogP contribution in [0.4, 0.5) is 0 Å². The van der Waals surface area contributed by atoms with Gasteiger partial charge in [0.2, 0.25) is 0 Å². The maximum absolute atomic E-state index is 10.4. The van der Waals surface area contributed by atoms with Crippen molar-refractivity contribution >= 4 is 31.9 Å². The van der Waals surface area contributed by atoms with Gasteiger partial charge >= 0.3 is 0 Å². The molecule has 0 spiro atoms. The molecule has 0 amide bonds. The van der Waals surface area contributed by atoms with E-state index in [-0.39, 0.29) is 0 Å². The molecule has 1 nitrogen and oxygen atoms in total. The average Bonchev–Trinajstić information content (AvgIpc) is 2.30. The van der Waals surface area contributed by atoms with Gasteiger partial charge in [-0.05, 0) is 69.0 Å². The second-order valence-corrected chi connectivity index (χ2v) is 6.21. The summed E-state index contributed by atoms with van der Waals surface area (Å²) in [6.07, 6.45) is -0.590. The normalized spacial score (nSPS) is 12.5. The fourth-order valence-electron chi connectivity index (χ4n) is 2.04. The van der Waals surface area contributed by atoms with E-state index in [4.69, 9.17) is 0 Å². The second kappa shape index (κ2) is 5.55. The van der Waals surface area contributed by atoms with Crippen molar-refractivity contribution in [2.45, 2.75) is 20.0 Å². The summed E-state index contributed by atoms with van der Waals surface area (Å²) in [7, 11) is 0. The first-order valence-corrected chi connectivity index (χ1v) is 7.27. The molecule has 0 aliphatic carbocycles. The lowest BCUT2D eigenvalue weighted by Crippen LogP contribution is -2.00. The summed E-state index contributed by atoms with van der Waals surface area (Å²) >= 11 is 6.89. The molecule has 18 heavy (non-hydrogen) atoms. The van der Waals surface area contributed by atoms with E-state index >= 15 is 0 Å². The van der Waals surface area contributed by atoms with E-state index in [1.54, 1.807) is 0 Å². The van der Waals surface area contributed by atoms with Crippen LogP contribution in [-0.4, -0.2) is 5.11 Å². The SMILES string of the molecule is Cc1cc(C)cc(C(O)c2ccc(Br)c(Br)c2)c1. The van der Waals surface area contributed by atoms with E-state index in [2.05, 4.69) is 37.9 Å². The average molecular weight is 370 g/mol. The second-order valence-electron chi connectivity index (χ2n) is 4.50. The molecule has 1 unspecified atom stereocenters. The Morgan fingerprint density at radius 3 is 2.00 bits per heavy atom. The van der Waals surface area contributed by atoms with E-state index < -0.39 is 6.10 Å². The molecule has 0 aliphatic rings. The van der Waals surface area contributed by atoms with Crippen LogP contribution >= 0.6 is 31.9 Å². The van der Waals surface area contributed by atoms with Crippen LogP contribution in [0.1, 0.15) is 28.4 Å². The Kier molecular flexibility index (Phi) is 4.25. The van der Waals surface area contributed by atoms with Gasteiger partial charge in [-0.1, -0.05) is 35.4 Å². The van der Waals surface area contributed by atoms with Gasteiger partial charge in [0.1, 0.15) is 6.10 Å². The molecule has 0 bridgehead atoms. The molecule has 3 heteroatoms. The van der Waals surface area contributed by atoms with Gasteiger partial charge in [0, 0.05) is 8.95 Å². The Labute approximate surface area is 124 Å². The van der Waals surface area contributed by atoms with E-state index in [1.165, 1.54) is 11.1 Å². The molecule has 2 aromatic rings. The van der Waals surface area contributed by atoms with Gasteiger partial charge in [-0.25, -0.2) is 0 Å². The molecule has 1 N–H and O–H groups in total. The maximum Gasteiger partial charge on any atom is 0.104 e. The van der Waals surface area contributed by atoms with Gasteiger partial charge in [-0.3, -0.25) is 0 Å².